The van der Waals surface area contributed by atoms with Crippen molar-refractivity contribution in [3.8, 4) is 11.6 Å². The molecule has 0 fully saturated rings. The fraction of sp³-hybridized carbons (Fsp3) is 0.250. The molecule has 4 aromatic rings. The third kappa shape index (κ3) is 4.07. The molecule has 1 aliphatic rings. The molecule has 0 radical (unpaired) electrons. The summed E-state index contributed by atoms with van der Waals surface area (Å²) in [6.07, 6.45) is 8.46. The van der Waals surface area contributed by atoms with Crippen molar-refractivity contribution in [2.24, 2.45) is 0 Å². The van der Waals surface area contributed by atoms with E-state index in [1.54, 1.807) is 30.3 Å². The van der Waals surface area contributed by atoms with Gasteiger partial charge in [0.15, 0.2) is 23.3 Å². The lowest BCUT2D eigenvalue weighted by atomic mass is 9.91. The van der Waals surface area contributed by atoms with E-state index in [1.165, 1.54) is 0 Å². The second-order valence-electron chi connectivity index (χ2n) is 8.06. The van der Waals surface area contributed by atoms with Crippen molar-refractivity contribution < 1.29 is 17.9 Å². The highest BCUT2D eigenvalue weighted by molar-refractivity contribution is 5.65. The first-order valence-corrected chi connectivity index (χ1v) is 10.8. The van der Waals surface area contributed by atoms with Crippen LogP contribution in [0, 0.1) is 24.4 Å². The van der Waals surface area contributed by atoms with Crippen LogP contribution in [0.15, 0.2) is 36.8 Å². The third-order valence-corrected chi connectivity index (χ3v) is 5.75. The van der Waals surface area contributed by atoms with Crippen molar-refractivity contribution in [2.75, 3.05) is 7.11 Å². The van der Waals surface area contributed by atoms with Crippen molar-refractivity contribution in [1.29, 1.82) is 0 Å². The van der Waals surface area contributed by atoms with Gasteiger partial charge in [-0.15, -0.1) is 0 Å². The molecule has 0 aliphatic carbocycles. The zero-order chi connectivity index (χ0) is 23.8. The molecular weight excluding hydrogens is 445 g/mol. The van der Waals surface area contributed by atoms with Gasteiger partial charge >= 0.3 is 0 Å². The van der Waals surface area contributed by atoms with Gasteiger partial charge in [0.25, 0.3) is 0 Å². The number of fused-ring (bicyclic) bond motifs is 1. The Morgan fingerprint density at radius 2 is 1.88 bits per heavy atom. The molecule has 0 bridgehead atoms. The molecule has 1 aliphatic heterocycles. The van der Waals surface area contributed by atoms with Gasteiger partial charge in [-0.3, -0.25) is 0 Å². The van der Waals surface area contributed by atoms with Crippen molar-refractivity contribution in [1.82, 2.24) is 29.3 Å². The summed E-state index contributed by atoms with van der Waals surface area (Å²) in [7, 11) is 1.55. The highest BCUT2D eigenvalue weighted by Gasteiger charge is 2.27. The van der Waals surface area contributed by atoms with Gasteiger partial charge < -0.3 is 9.30 Å². The molecule has 1 aromatic carbocycles. The molecule has 34 heavy (non-hydrogen) atoms. The fourth-order valence-corrected chi connectivity index (χ4v) is 4.13. The Balaban J connectivity index is 1.42. The van der Waals surface area contributed by atoms with Crippen LogP contribution in [0.4, 0.5) is 13.2 Å². The molecule has 0 amide bonds. The number of halogens is 3. The van der Waals surface area contributed by atoms with E-state index >= 15 is 0 Å². The summed E-state index contributed by atoms with van der Waals surface area (Å²) >= 11 is 0. The third-order valence-electron chi connectivity index (χ3n) is 5.75. The number of benzene rings is 1. The Kier molecular flexibility index (Phi) is 5.64. The minimum absolute atomic E-state index is 0.344. The van der Waals surface area contributed by atoms with Crippen LogP contribution < -0.4 is 4.74 Å². The molecule has 174 valence electrons. The maximum Gasteiger partial charge on any atom is 0.238 e. The lowest BCUT2D eigenvalue weighted by molar-refractivity contribution is 0.395. The average Bonchev–Trinajstić information content (AvgIpc) is 3.46. The molecule has 0 saturated heterocycles. The monoisotopic (exact) mass is 466 g/mol. The molecule has 0 N–H and O–H groups in total. The molecule has 7 nitrogen and oxygen atoms in total. The average molecular weight is 466 g/mol. The van der Waals surface area contributed by atoms with Gasteiger partial charge in [0.05, 0.1) is 24.8 Å². The second-order valence-corrected chi connectivity index (χ2v) is 8.06. The van der Waals surface area contributed by atoms with Crippen LogP contribution in [-0.4, -0.2) is 36.4 Å². The predicted octanol–water partition coefficient (Wildman–Crippen LogP) is 4.69. The quantitative estimate of drug-likeness (QED) is 0.399. The lowest BCUT2D eigenvalue weighted by Gasteiger charge is -2.22. The van der Waals surface area contributed by atoms with Crippen LogP contribution in [0.3, 0.4) is 0 Å². The summed E-state index contributed by atoms with van der Waals surface area (Å²) in [5.41, 5.74) is 2.63. The maximum absolute atomic E-state index is 13.8. The van der Waals surface area contributed by atoms with Crippen LogP contribution in [0.2, 0.25) is 0 Å². The Morgan fingerprint density at radius 3 is 2.59 bits per heavy atom. The highest BCUT2D eigenvalue weighted by atomic mass is 19.2. The molecule has 1 atom stereocenters. The summed E-state index contributed by atoms with van der Waals surface area (Å²) in [4.78, 5) is 13.3. The summed E-state index contributed by atoms with van der Waals surface area (Å²) in [5.74, 6) is -2.78. The van der Waals surface area contributed by atoms with Gasteiger partial charge in [-0.05, 0) is 61.7 Å². The minimum atomic E-state index is -1.47. The fourth-order valence-electron chi connectivity index (χ4n) is 4.13. The van der Waals surface area contributed by atoms with Crippen LogP contribution in [0.5, 0.6) is 5.88 Å². The van der Waals surface area contributed by atoms with Crippen LogP contribution in [0.1, 0.15) is 47.4 Å². The van der Waals surface area contributed by atoms with Crippen LogP contribution >= 0.6 is 0 Å². The van der Waals surface area contributed by atoms with E-state index in [-0.39, 0.29) is 5.92 Å². The van der Waals surface area contributed by atoms with E-state index in [9.17, 15) is 13.2 Å². The van der Waals surface area contributed by atoms with E-state index < -0.39 is 17.5 Å². The molecule has 0 unspecified atom stereocenters. The number of ether oxygens (including phenoxy) is 1. The molecular formula is C24H21F3N6O. The number of methoxy groups -OCH3 is 1. The Morgan fingerprint density at radius 1 is 1.09 bits per heavy atom. The topological polar surface area (TPSA) is 70.7 Å². The number of nitrogens with zero attached hydrogens (tertiary/aromatic N) is 6. The SMILES string of the molecule is COc1nc(/C=C/c2nc3n(n2)CCC[C@H]3c2cc(F)c(F)c(F)c2)ccc1-n1cnc(C)c1. The van der Waals surface area contributed by atoms with E-state index in [0.717, 1.165) is 29.9 Å². The summed E-state index contributed by atoms with van der Waals surface area (Å²) in [6.45, 7) is 2.54. The van der Waals surface area contributed by atoms with E-state index in [2.05, 4.69) is 20.1 Å². The zero-order valence-electron chi connectivity index (χ0n) is 18.5. The van der Waals surface area contributed by atoms with Crippen LogP contribution in [-0.2, 0) is 6.54 Å². The number of aryl methyl sites for hydroxylation is 2. The van der Waals surface area contributed by atoms with Crippen molar-refractivity contribution in [3.63, 3.8) is 0 Å². The number of hydrogen-bond donors (Lipinski definition) is 0. The highest BCUT2D eigenvalue weighted by Crippen LogP contribution is 2.33. The number of hydrogen-bond acceptors (Lipinski definition) is 5. The number of pyridine rings is 1. The van der Waals surface area contributed by atoms with Gasteiger partial charge in [-0.1, -0.05) is 0 Å². The summed E-state index contributed by atoms with van der Waals surface area (Å²) < 4.78 is 50.0. The molecule has 0 saturated carbocycles. The molecule has 10 heteroatoms. The van der Waals surface area contributed by atoms with Gasteiger partial charge in [-0.25, -0.2) is 32.8 Å². The standard InChI is InChI=1S/C24H21F3N6O/c1-14-12-32(13-28-14)20-7-5-16(29-24(20)34-2)6-8-21-30-23-17(4-3-9-33(23)31-21)15-10-18(25)22(27)19(26)11-15/h5-8,10-13,17H,3-4,9H2,1-2H3/b8-6+/t17-/m0/s1. The molecule has 3 aromatic heterocycles. The first-order chi connectivity index (χ1) is 16.4. The van der Waals surface area contributed by atoms with Gasteiger partial charge in [-0.2, -0.15) is 5.10 Å². The van der Waals surface area contributed by atoms with E-state index in [1.807, 2.05) is 29.8 Å². The Labute approximate surface area is 193 Å². The van der Waals surface area contributed by atoms with Crippen molar-refractivity contribution in [3.05, 3.63) is 82.8 Å². The van der Waals surface area contributed by atoms with E-state index in [0.29, 0.717) is 41.8 Å². The normalized spacial score (nSPS) is 15.6. The van der Waals surface area contributed by atoms with Crippen molar-refractivity contribution in [2.45, 2.75) is 32.2 Å². The van der Waals surface area contributed by atoms with Crippen molar-refractivity contribution >= 4 is 12.2 Å². The van der Waals surface area contributed by atoms with Gasteiger partial charge in [0.2, 0.25) is 5.88 Å². The number of rotatable bonds is 5. The van der Waals surface area contributed by atoms with Crippen LogP contribution in [0.25, 0.3) is 17.8 Å². The summed E-state index contributed by atoms with van der Waals surface area (Å²) in [5, 5.41) is 4.50. The van der Waals surface area contributed by atoms with Gasteiger partial charge in [0.1, 0.15) is 11.5 Å². The first kappa shape index (κ1) is 21.9. The molecule has 0 spiro atoms. The number of aromatic nitrogens is 6. The maximum atomic E-state index is 13.8. The smallest absolute Gasteiger partial charge is 0.238 e. The molecule has 5 rings (SSSR count). The largest absolute Gasteiger partial charge is 0.479 e. The van der Waals surface area contributed by atoms with Gasteiger partial charge in [0, 0.05) is 18.7 Å². The molecule has 4 heterocycles. The second kappa shape index (κ2) is 8.77. The lowest BCUT2D eigenvalue weighted by Crippen LogP contribution is -2.18. The summed E-state index contributed by atoms with van der Waals surface area (Å²) in [6, 6.07) is 5.78. The number of imidazole rings is 1. The zero-order valence-corrected chi connectivity index (χ0v) is 18.5. The predicted molar refractivity (Wildman–Crippen MR) is 119 cm³/mol. The minimum Gasteiger partial charge on any atom is -0.479 e. The first-order valence-electron chi connectivity index (χ1n) is 10.8. The Bertz CT molecular complexity index is 1370. The Hall–Kier alpha value is -3.95. The van der Waals surface area contributed by atoms with E-state index in [4.69, 9.17) is 4.74 Å².